The van der Waals surface area contributed by atoms with Crippen molar-refractivity contribution in [3.63, 3.8) is 0 Å². The second-order valence-corrected chi connectivity index (χ2v) is 4.82. The molecule has 1 rings (SSSR count). The van der Waals surface area contributed by atoms with Gasteiger partial charge in [-0.15, -0.1) is 0 Å². The Bertz CT molecular complexity index is 299. The second kappa shape index (κ2) is 6.58. The van der Waals surface area contributed by atoms with E-state index in [2.05, 4.69) is 0 Å². The van der Waals surface area contributed by atoms with Crippen LogP contribution in [0.2, 0.25) is 0 Å². The number of hydrogen-bond donors (Lipinski definition) is 1. The number of hydrogen-bond acceptors (Lipinski definition) is 3. The van der Waals surface area contributed by atoms with Crippen molar-refractivity contribution in [2.75, 3.05) is 39.3 Å². The molecule has 0 saturated carbocycles. The van der Waals surface area contributed by atoms with Crippen LogP contribution >= 0.6 is 0 Å². The summed E-state index contributed by atoms with van der Waals surface area (Å²) in [4.78, 5) is 28.3. The van der Waals surface area contributed by atoms with Crippen molar-refractivity contribution in [2.45, 2.75) is 26.8 Å². The monoisotopic (exact) mass is 257 g/mol. The molecule has 1 fully saturated rings. The topological polar surface area (TPSA) is 64.1 Å². The normalized spacial score (nSPS) is 17.0. The third-order valence-corrected chi connectivity index (χ3v) is 3.21. The van der Waals surface area contributed by atoms with E-state index in [1.165, 1.54) is 0 Å². The minimum Gasteiger partial charge on any atom is -0.480 e. The minimum absolute atomic E-state index is 0.0578. The van der Waals surface area contributed by atoms with Crippen molar-refractivity contribution in [3.8, 4) is 0 Å². The van der Waals surface area contributed by atoms with E-state index in [9.17, 15) is 9.59 Å². The molecule has 0 atom stereocenters. The van der Waals surface area contributed by atoms with Gasteiger partial charge in [0.25, 0.3) is 0 Å². The lowest BCUT2D eigenvalue weighted by Gasteiger charge is -2.38. The van der Waals surface area contributed by atoms with Crippen LogP contribution in [0.5, 0.6) is 0 Å². The number of piperazine rings is 1. The molecule has 104 valence electrons. The number of carbonyl (C=O) groups excluding carboxylic acids is 1. The van der Waals surface area contributed by atoms with Gasteiger partial charge >= 0.3 is 12.0 Å². The third-order valence-electron chi connectivity index (χ3n) is 3.21. The van der Waals surface area contributed by atoms with Gasteiger partial charge in [0.1, 0.15) is 0 Å². The fourth-order valence-electron chi connectivity index (χ4n) is 2.19. The first-order chi connectivity index (χ1) is 8.45. The second-order valence-electron chi connectivity index (χ2n) is 4.82. The molecule has 0 bridgehead atoms. The van der Waals surface area contributed by atoms with Crippen LogP contribution in [-0.2, 0) is 4.79 Å². The predicted molar refractivity (Wildman–Crippen MR) is 68.6 cm³/mol. The van der Waals surface area contributed by atoms with Gasteiger partial charge in [0.05, 0.1) is 6.54 Å². The highest BCUT2D eigenvalue weighted by molar-refractivity contribution is 5.75. The molecular weight excluding hydrogens is 234 g/mol. The molecule has 18 heavy (non-hydrogen) atoms. The Kier molecular flexibility index (Phi) is 5.40. The Balaban J connectivity index is 2.47. The number of carboxylic acids is 1. The lowest BCUT2D eigenvalue weighted by Crippen LogP contribution is -2.54. The Morgan fingerprint density at radius 1 is 1.22 bits per heavy atom. The first-order valence-corrected chi connectivity index (χ1v) is 6.45. The molecule has 1 N–H and O–H groups in total. The van der Waals surface area contributed by atoms with Crippen molar-refractivity contribution >= 4 is 12.0 Å². The van der Waals surface area contributed by atoms with Crippen LogP contribution in [0, 0.1) is 0 Å². The Morgan fingerprint density at radius 3 is 2.17 bits per heavy atom. The van der Waals surface area contributed by atoms with Gasteiger partial charge in [0.2, 0.25) is 0 Å². The van der Waals surface area contributed by atoms with Crippen LogP contribution in [0.4, 0.5) is 4.79 Å². The first-order valence-electron chi connectivity index (χ1n) is 6.45. The van der Waals surface area contributed by atoms with E-state index in [1.807, 2.05) is 35.5 Å². The number of aliphatic carboxylic acids is 1. The zero-order valence-electron chi connectivity index (χ0n) is 11.4. The van der Waals surface area contributed by atoms with E-state index in [0.717, 1.165) is 0 Å². The summed E-state index contributed by atoms with van der Waals surface area (Å²) in [5.74, 6) is -0.813. The molecule has 0 aliphatic carbocycles. The zero-order chi connectivity index (χ0) is 13.7. The summed E-state index contributed by atoms with van der Waals surface area (Å²) < 4.78 is 0. The molecule has 2 amide bonds. The van der Waals surface area contributed by atoms with Crippen molar-refractivity contribution < 1.29 is 14.7 Å². The molecular formula is C12H23N3O3. The Labute approximate surface area is 108 Å². The average molecular weight is 257 g/mol. The summed E-state index contributed by atoms with van der Waals surface area (Å²) in [5, 5.41) is 8.71. The molecule has 0 aromatic heterocycles. The summed E-state index contributed by atoms with van der Waals surface area (Å²) in [6.07, 6.45) is 0. The third kappa shape index (κ3) is 3.87. The predicted octanol–water partition coefficient (Wildman–Crippen LogP) is 0.539. The number of nitrogens with zero attached hydrogens (tertiary/aromatic N) is 3. The van der Waals surface area contributed by atoms with Gasteiger partial charge in [-0.2, -0.15) is 0 Å². The molecule has 1 aliphatic heterocycles. The van der Waals surface area contributed by atoms with E-state index in [0.29, 0.717) is 32.7 Å². The molecule has 1 heterocycles. The van der Waals surface area contributed by atoms with Gasteiger partial charge in [-0.1, -0.05) is 0 Å². The molecule has 6 nitrogen and oxygen atoms in total. The number of amides is 2. The van der Waals surface area contributed by atoms with E-state index >= 15 is 0 Å². The maximum atomic E-state index is 12.2. The number of carboxylic acid groups (broad SMARTS) is 1. The van der Waals surface area contributed by atoms with Gasteiger partial charge in [0, 0.05) is 38.8 Å². The highest BCUT2D eigenvalue weighted by Gasteiger charge is 2.26. The smallest absolute Gasteiger partial charge is 0.320 e. The molecule has 0 aromatic rings. The SMILES string of the molecule is CCN(C(=O)N1CCN(CC(=O)O)CC1)C(C)C. The Morgan fingerprint density at radius 2 is 1.78 bits per heavy atom. The van der Waals surface area contributed by atoms with Crippen LogP contribution in [0.1, 0.15) is 20.8 Å². The molecule has 6 heteroatoms. The zero-order valence-corrected chi connectivity index (χ0v) is 11.4. The van der Waals surface area contributed by atoms with Gasteiger partial charge in [-0.05, 0) is 20.8 Å². The summed E-state index contributed by atoms with van der Waals surface area (Å²) in [6.45, 7) is 9.21. The summed E-state index contributed by atoms with van der Waals surface area (Å²) in [6, 6.07) is 0.252. The fraction of sp³-hybridized carbons (Fsp3) is 0.833. The molecule has 1 aliphatic rings. The van der Waals surface area contributed by atoms with Crippen LogP contribution in [0.25, 0.3) is 0 Å². The number of carbonyl (C=O) groups is 2. The maximum Gasteiger partial charge on any atom is 0.320 e. The van der Waals surface area contributed by atoms with Crippen molar-refractivity contribution in [2.24, 2.45) is 0 Å². The quantitative estimate of drug-likeness (QED) is 0.798. The molecule has 0 aromatic carbocycles. The van der Waals surface area contributed by atoms with Gasteiger partial charge in [-0.25, -0.2) is 4.79 Å². The highest BCUT2D eigenvalue weighted by Crippen LogP contribution is 2.08. The molecule has 0 radical (unpaired) electrons. The summed E-state index contributed by atoms with van der Waals surface area (Å²) >= 11 is 0. The van der Waals surface area contributed by atoms with Crippen LogP contribution < -0.4 is 0 Å². The van der Waals surface area contributed by atoms with E-state index < -0.39 is 5.97 Å². The highest BCUT2D eigenvalue weighted by atomic mass is 16.4. The van der Waals surface area contributed by atoms with E-state index in [1.54, 1.807) is 0 Å². The number of rotatable bonds is 4. The van der Waals surface area contributed by atoms with Gasteiger partial charge in [0.15, 0.2) is 0 Å². The largest absolute Gasteiger partial charge is 0.480 e. The number of urea groups is 1. The maximum absolute atomic E-state index is 12.2. The van der Waals surface area contributed by atoms with Crippen LogP contribution in [0.3, 0.4) is 0 Å². The van der Waals surface area contributed by atoms with Gasteiger partial charge < -0.3 is 14.9 Å². The molecule has 1 saturated heterocycles. The van der Waals surface area contributed by atoms with Crippen molar-refractivity contribution in [1.29, 1.82) is 0 Å². The van der Waals surface area contributed by atoms with Crippen molar-refractivity contribution in [3.05, 3.63) is 0 Å². The summed E-state index contributed by atoms with van der Waals surface area (Å²) in [5.41, 5.74) is 0. The van der Waals surface area contributed by atoms with E-state index in [4.69, 9.17) is 5.11 Å². The Hall–Kier alpha value is -1.30. The molecule has 0 unspecified atom stereocenters. The van der Waals surface area contributed by atoms with Crippen LogP contribution in [-0.4, -0.2) is 77.1 Å². The van der Waals surface area contributed by atoms with Gasteiger partial charge in [-0.3, -0.25) is 9.69 Å². The summed E-state index contributed by atoms with van der Waals surface area (Å²) in [7, 11) is 0. The van der Waals surface area contributed by atoms with Crippen molar-refractivity contribution in [1.82, 2.24) is 14.7 Å². The lowest BCUT2D eigenvalue weighted by molar-refractivity contribution is -0.138. The first kappa shape index (κ1) is 14.8. The standard InChI is InChI=1S/C12H23N3O3/c1-4-15(10(2)3)12(18)14-7-5-13(6-8-14)9-11(16)17/h10H,4-9H2,1-3H3,(H,16,17). The van der Waals surface area contributed by atoms with Crippen LogP contribution in [0.15, 0.2) is 0 Å². The minimum atomic E-state index is -0.813. The van der Waals surface area contributed by atoms with E-state index in [-0.39, 0.29) is 18.6 Å². The fourth-order valence-corrected chi connectivity index (χ4v) is 2.19. The molecule has 0 spiro atoms. The lowest BCUT2D eigenvalue weighted by atomic mass is 10.3. The average Bonchev–Trinajstić information content (AvgIpc) is 2.29.